The number of carbonyl (C=O) groups excluding carboxylic acids is 1. The van der Waals surface area contributed by atoms with Crippen molar-refractivity contribution in [2.75, 3.05) is 19.7 Å². The molecule has 0 aromatic heterocycles. The van der Waals surface area contributed by atoms with Crippen molar-refractivity contribution < 1.29 is 9.53 Å². The Labute approximate surface area is 120 Å². The zero-order valence-corrected chi connectivity index (χ0v) is 12.4. The van der Waals surface area contributed by atoms with E-state index in [2.05, 4.69) is 19.9 Å². The Bertz CT molecular complexity index is 474. The second kappa shape index (κ2) is 6.75. The molecule has 1 amide bonds. The minimum absolute atomic E-state index is 0.158. The zero-order chi connectivity index (χ0) is 14.5. The fourth-order valence-electron chi connectivity index (χ4n) is 2.39. The lowest BCUT2D eigenvalue weighted by atomic mass is 10.1. The molecule has 2 rings (SSSR count). The van der Waals surface area contributed by atoms with Crippen LogP contribution < -0.4 is 10.5 Å². The van der Waals surface area contributed by atoms with Crippen LogP contribution in [0.25, 0.3) is 0 Å². The molecule has 1 heterocycles. The highest BCUT2D eigenvalue weighted by Crippen LogP contribution is 2.17. The highest BCUT2D eigenvalue weighted by atomic mass is 16.5. The number of ether oxygens (including phenoxy) is 1. The van der Waals surface area contributed by atoms with Crippen LogP contribution in [-0.4, -0.2) is 36.5 Å². The molecule has 2 N–H and O–H groups in total. The summed E-state index contributed by atoms with van der Waals surface area (Å²) in [7, 11) is 0. The first-order chi connectivity index (χ1) is 9.56. The second-order valence-corrected chi connectivity index (χ2v) is 5.59. The lowest BCUT2D eigenvalue weighted by Gasteiger charge is -2.15. The molecule has 0 aliphatic carbocycles. The Morgan fingerprint density at radius 1 is 1.40 bits per heavy atom. The number of amides is 1. The molecule has 1 saturated heterocycles. The fraction of sp³-hybridized carbons (Fsp3) is 0.562. The van der Waals surface area contributed by atoms with E-state index < -0.39 is 0 Å². The van der Waals surface area contributed by atoms with Gasteiger partial charge in [-0.3, -0.25) is 4.79 Å². The van der Waals surface area contributed by atoms with Crippen molar-refractivity contribution in [3.63, 3.8) is 0 Å². The minimum atomic E-state index is 0.158. The van der Waals surface area contributed by atoms with Crippen LogP contribution in [0, 0.1) is 13.8 Å². The molecule has 0 spiro atoms. The number of nitrogens with zero attached hydrogens (tertiary/aromatic N) is 1. The number of rotatable bonds is 5. The van der Waals surface area contributed by atoms with Gasteiger partial charge in [0, 0.05) is 25.6 Å². The predicted molar refractivity (Wildman–Crippen MR) is 79.8 cm³/mol. The van der Waals surface area contributed by atoms with Crippen molar-refractivity contribution in [1.82, 2.24) is 4.90 Å². The van der Waals surface area contributed by atoms with Gasteiger partial charge in [0.2, 0.25) is 5.91 Å². The fourth-order valence-corrected chi connectivity index (χ4v) is 2.39. The molecule has 1 aliphatic heterocycles. The van der Waals surface area contributed by atoms with Gasteiger partial charge in [0.05, 0.1) is 6.61 Å². The molecule has 20 heavy (non-hydrogen) atoms. The molecular formula is C16H24N2O2. The summed E-state index contributed by atoms with van der Waals surface area (Å²) in [5.74, 6) is 1.07. The highest BCUT2D eigenvalue weighted by molar-refractivity contribution is 5.76. The molecule has 1 atom stereocenters. The lowest BCUT2D eigenvalue weighted by Crippen LogP contribution is -2.31. The molecule has 0 saturated carbocycles. The van der Waals surface area contributed by atoms with Gasteiger partial charge in [0.25, 0.3) is 0 Å². The van der Waals surface area contributed by atoms with E-state index >= 15 is 0 Å². The maximum atomic E-state index is 11.9. The quantitative estimate of drug-likeness (QED) is 0.837. The monoisotopic (exact) mass is 276 g/mol. The van der Waals surface area contributed by atoms with Crippen LogP contribution in [0.1, 0.15) is 30.4 Å². The third-order valence-corrected chi connectivity index (χ3v) is 3.86. The first kappa shape index (κ1) is 14.9. The summed E-state index contributed by atoms with van der Waals surface area (Å²) in [5, 5.41) is 0. The molecule has 4 heteroatoms. The average Bonchev–Trinajstić information content (AvgIpc) is 2.85. The Morgan fingerprint density at radius 3 is 2.85 bits per heavy atom. The second-order valence-electron chi connectivity index (χ2n) is 5.59. The van der Waals surface area contributed by atoms with Gasteiger partial charge in [-0.25, -0.2) is 0 Å². The van der Waals surface area contributed by atoms with Crippen LogP contribution in [0.15, 0.2) is 18.2 Å². The summed E-state index contributed by atoms with van der Waals surface area (Å²) in [6.07, 6.45) is 2.21. The molecule has 1 aliphatic rings. The van der Waals surface area contributed by atoms with Crippen LogP contribution in [-0.2, 0) is 4.79 Å². The molecule has 1 aromatic carbocycles. The molecule has 0 radical (unpaired) electrons. The van der Waals surface area contributed by atoms with Crippen LogP contribution >= 0.6 is 0 Å². The first-order valence-electron chi connectivity index (χ1n) is 7.29. The predicted octanol–water partition coefficient (Wildman–Crippen LogP) is 2.02. The van der Waals surface area contributed by atoms with Crippen molar-refractivity contribution >= 4 is 5.91 Å². The maximum Gasteiger partial charge on any atom is 0.222 e. The number of aryl methyl sites for hydroxylation is 2. The first-order valence-corrected chi connectivity index (χ1v) is 7.29. The molecule has 0 unspecified atom stereocenters. The Balaban J connectivity index is 1.68. The highest BCUT2D eigenvalue weighted by Gasteiger charge is 2.22. The summed E-state index contributed by atoms with van der Waals surface area (Å²) in [5.41, 5.74) is 8.29. The van der Waals surface area contributed by atoms with Gasteiger partial charge >= 0.3 is 0 Å². The number of nitrogens with two attached hydrogens (primary N) is 1. The molecule has 4 nitrogen and oxygen atoms in total. The van der Waals surface area contributed by atoms with E-state index in [9.17, 15) is 4.79 Å². The van der Waals surface area contributed by atoms with Crippen LogP contribution in [0.5, 0.6) is 5.75 Å². The van der Waals surface area contributed by atoms with Crippen molar-refractivity contribution in [3.8, 4) is 5.75 Å². The molecule has 1 fully saturated rings. The van der Waals surface area contributed by atoms with Crippen LogP contribution in [0.4, 0.5) is 0 Å². The van der Waals surface area contributed by atoms with Crippen LogP contribution in [0.3, 0.4) is 0 Å². The van der Waals surface area contributed by atoms with Crippen molar-refractivity contribution in [2.45, 2.75) is 39.2 Å². The summed E-state index contributed by atoms with van der Waals surface area (Å²) < 4.78 is 5.68. The Morgan fingerprint density at radius 2 is 2.20 bits per heavy atom. The largest absolute Gasteiger partial charge is 0.494 e. The number of likely N-dealkylation sites (tertiary alicyclic amines) is 1. The third-order valence-electron chi connectivity index (χ3n) is 3.86. The third kappa shape index (κ3) is 3.97. The van der Waals surface area contributed by atoms with E-state index in [1.807, 2.05) is 17.0 Å². The van der Waals surface area contributed by atoms with Gasteiger partial charge in [-0.05, 0) is 49.9 Å². The van der Waals surface area contributed by atoms with E-state index in [0.717, 1.165) is 25.1 Å². The number of hydrogen-bond acceptors (Lipinski definition) is 3. The Kier molecular flexibility index (Phi) is 5.01. The van der Waals surface area contributed by atoms with Gasteiger partial charge in [0.1, 0.15) is 5.75 Å². The summed E-state index contributed by atoms with van der Waals surface area (Å²) >= 11 is 0. The SMILES string of the molecule is Cc1ccc(OCCCC(=O)N2CC[C@@H](N)C2)cc1C. The van der Waals surface area contributed by atoms with Crippen molar-refractivity contribution in [1.29, 1.82) is 0 Å². The van der Waals surface area contributed by atoms with Crippen molar-refractivity contribution in [2.24, 2.45) is 5.73 Å². The summed E-state index contributed by atoms with van der Waals surface area (Å²) in [6, 6.07) is 6.23. The minimum Gasteiger partial charge on any atom is -0.494 e. The molecule has 0 bridgehead atoms. The normalized spacial score (nSPS) is 18.4. The van der Waals surface area contributed by atoms with Gasteiger partial charge < -0.3 is 15.4 Å². The van der Waals surface area contributed by atoms with Gasteiger partial charge in [0.15, 0.2) is 0 Å². The molecule has 110 valence electrons. The zero-order valence-electron chi connectivity index (χ0n) is 12.4. The summed E-state index contributed by atoms with van der Waals surface area (Å²) in [6.45, 7) is 6.24. The van der Waals surface area contributed by atoms with Gasteiger partial charge in [-0.1, -0.05) is 6.07 Å². The number of benzene rings is 1. The topological polar surface area (TPSA) is 55.6 Å². The summed E-state index contributed by atoms with van der Waals surface area (Å²) in [4.78, 5) is 13.8. The van der Waals surface area contributed by atoms with E-state index in [-0.39, 0.29) is 11.9 Å². The van der Waals surface area contributed by atoms with Crippen LogP contribution in [0.2, 0.25) is 0 Å². The standard InChI is InChI=1S/C16H24N2O2/c1-12-5-6-15(10-13(12)2)20-9-3-4-16(19)18-8-7-14(17)11-18/h5-6,10,14H,3-4,7-9,11,17H2,1-2H3/t14-/m1/s1. The van der Waals surface area contributed by atoms with Crippen molar-refractivity contribution in [3.05, 3.63) is 29.3 Å². The maximum absolute atomic E-state index is 11.9. The van der Waals surface area contributed by atoms with Gasteiger partial charge in [-0.2, -0.15) is 0 Å². The molecule has 1 aromatic rings. The Hall–Kier alpha value is -1.55. The smallest absolute Gasteiger partial charge is 0.222 e. The number of carbonyl (C=O) groups is 1. The van der Waals surface area contributed by atoms with E-state index in [1.54, 1.807) is 0 Å². The number of hydrogen-bond donors (Lipinski definition) is 1. The average molecular weight is 276 g/mol. The molecular weight excluding hydrogens is 252 g/mol. The lowest BCUT2D eigenvalue weighted by molar-refractivity contribution is -0.130. The van der Waals surface area contributed by atoms with E-state index in [1.165, 1.54) is 11.1 Å². The van der Waals surface area contributed by atoms with E-state index in [4.69, 9.17) is 10.5 Å². The van der Waals surface area contributed by atoms with E-state index in [0.29, 0.717) is 19.6 Å². The van der Waals surface area contributed by atoms with Gasteiger partial charge in [-0.15, -0.1) is 0 Å².